The summed E-state index contributed by atoms with van der Waals surface area (Å²) in [5, 5.41) is 0. The van der Waals surface area contributed by atoms with Crippen molar-refractivity contribution >= 4 is 0 Å². The van der Waals surface area contributed by atoms with E-state index in [0.29, 0.717) is 0 Å². The topological polar surface area (TPSA) is 12.9 Å². The van der Waals surface area contributed by atoms with Crippen molar-refractivity contribution in [1.29, 1.82) is 0 Å². The van der Waals surface area contributed by atoms with Gasteiger partial charge < -0.3 is 0 Å². The lowest BCUT2D eigenvalue weighted by Gasteiger charge is -2.06. The second-order valence-electron chi connectivity index (χ2n) is 5.91. The largest absolute Gasteiger partial charge is 0.256 e. The smallest absolute Gasteiger partial charge is 0.0702 e. The van der Waals surface area contributed by atoms with Crippen LogP contribution >= 0.6 is 0 Å². The molecule has 0 spiro atoms. The SMILES string of the molecule is Cc1cc(C)cc(CCc2ccc(-c3ccccc3)nc2)c1. The highest BCUT2D eigenvalue weighted by atomic mass is 14.7. The van der Waals surface area contributed by atoms with Gasteiger partial charge in [-0.3, -0.25) is 4.98 Å². The molecule has 3 rings (SSSR count). The molecular weight excluding hydrogens is 266 g/mol. The molecule has 0 atom stereocenters. The maximum Gasteiger partial charge on any atom is 0.0702 e. The normalized spacial score (nSPS) is 10.6. The lowest BCUT2D eigenvalue weighted by Crippen LogP contribution is -1.94. The summed E-state index contributed by atoms with van der Waals surface area (Å²) in [6.07, 6.45) is 4.10. The maximum absolute atomic E-state index is 4.60. The molecule has 1 aromatic heterocycles. The van der Waals surface area contributed by atoms with Gasteiger partial charge in [0.05, 0.1) is 5.69 Å². The Morgan fingerprint density at radius 2 is 1.41 bits per heavy atom. The highest BCUT2D eigenvalue weighted by Gasteiger charge is 2.01. The Hall–Kier alpha value is -2.41. The summed E-state index contributed by atoms with van der Waals surface area (Å²) in [4.78, 5) is 4.60. The highest BCUT2D eigenvalue weighted by molar-refractivity contribution is 5.58. The van der Waals surface area contributed by atoms with Gasteiger partial charge >= 0.3 is 0 Å². The Bertz CT molecular complexity index is 722. The Labute approximate surface area is 132 Å². The fraction of sp³-hybridized carbons (Fsp3) is 0.190. The van der Waals surface area contributed by atoms with Gasteiger partial charge in [0.25, 0.3) is 0 Å². The third-order valence-corrected chi connectivity index (χ3v) is 3.88. The standard InChI is InChI=1S/C21H21N/c1-16-12-17(2)14-19(13-16)9-8-18-10-11-21(22-15-18)20-6-4-3-5-7-20/h3-7,10-15H,8-9H2,1-2H3. The number of aryl methyl sites for hydroxylation is 4. The summed E-state index contributed by atoms with van der Waals surface area (Å²) in [6, 6.07) is 21.4. The van der Waals surface area contributed by atoms with Crippen LogP contribution in [0.4, 0.5) is 0 Å². The number of hydrogen-bond acceptors (Lipinski definition) is 1. The van der Waals surface area contributed by atoms with E-state index in [1.54, 1.807) is 0 Å². The number of hydrogen-bond donors (Lipinski definition) is 0. The summed E-state index contributed by atoms with van der Waals surface area (Å²) in [7, 11) is 0. The molecule has 0 saturated heterocycles. The molecule has 0 saturated carbocycles. The van der Waals surface area contributed by atoms with Gasteiger partial charge in [-0.2, -0.15) is 0 Å². The maximum atomic E-state index is 4.60. The number of benzene rings is 2. The molecular formula is C21H21N. The predicted octanol–water partition coefficient (Wildman–Crippen LogP) is 5.15. The monoisotopic (exact) mass is 287 g/mol. The summed E-state index contributed by atoms with van der Waals surface area (Å²) < 4.78 is 0. The van der Waals surface area contributed by atoms with Gasteiger partial charge in [-0.05, 0) is 43.9 Å². The van der Waals surface area contributed by atoms with Crippen molar-refractivity contribution in [2.75, 3.05) is 0 Å². The molecule has 1 heteroatoms. The van der Waals surface area contributed by atoms with Gasteiger partial charge in [0.1, 0.15) is 0 Å². The third kappa shape index (κ3) is 3.62. The van der Waals surface area contributed by atoms with Crippen molar-refractivity contribution in [3.05, 3.63) is 89.1 Å². The molecule has 3 aromatic rings. The fourth-order valence-corrected chi connectivity index (χ4v) is 2.85. The fourth-order valence-electron chi connectivity index (χ4n) is 2.85. The zero-order valence-electron chi connectivity index (χ0n) is 13.2. The van der Waals surface area contributed by atoms with Crippen LogP contribution in [0.15, 0.2) is 66.9 Å². The molecule has 0 radical (unpaired) electrons. The lowest BCUT2D eigenvalue weighted by atomic mass is 10.0. The van der Waals surface area contributed by atoms with E-state index in [9.17, 15) is 0 Å². The van der Waals surface area contributed by atoms with Gasteiger partial charge in [-0.15, -0.1) is 0 Å². The third-order valence-electron chi connectivity index (χ3n) is 3.88. The van der Waals surface area contributed by atoms with Gasteiger partial charge in [0.15, 0.2) is 0 Å². The predicted molar refractivity (Wildman–Crippen MR) is 93.0 cm³/mol. The van der Waals surface area contributed by atoms with Gasteiger partial charge in [-0.25, -0.2) is 0 Å². The first-order valence-corrected chi connectivity index (χ1v) is 7.78. The zero-order chi connectivity index (χ0) is 15.4. The Morgan fingerprint density at radius 3 is 2.05 bits per heavy atom. The van der Waals surface area contributed by atoms with Crippen molar-refractivity contribution in [1.82, 2.24) is 4.98 Å². The van der Waals surface area contributed by atoms with E-state index in [0.717, 1.165) is 18.5 Å². The van der Waals surface area contributed by atoms with Crippen LogP contribution < -0.4 is 0 Å². The molecule has 22 heavy (non-hydrogen) atoms. The zero-order valence-corrected chi connectivity index (χ0v) is 13.2. The van der Waals surface area contributed by atoms with Crippen molar-refractivity contribution in [2.24, 2.45) is 0 Å². The first kappa shape index (κ1) is 14.5. The first-order valence-electron chi connectivity index (χ1n) is 7.78. The quantitative estimate of drug-likeness (QED) is 0.646. The van der Waals surface area contributed by atoms with Crippen LogP contribution in [0.25, 0.3) is 11.3 Å². The first-order chi connectivity index (χ1) is 10.7. The van der Waals surface area contributed by atoms with Crippen LogP contribution in [0, 0.1) is 13.8 Å². The number of pyridine rings is 1. The molecule has 2 aromatic carbocycles. The van der Waals surface area contributed by atoms with Crippen LogP contribution in [0.5, 0.6) is 0 Å². The molecule has 0 aliphatic carbocycles. The van der Waals surface area contributed by atoms with Crippen molar-refractivity contribution < 1.29 is 0 Å². The van der Waals surface area contributed by atoms with E-state index in [4.69, 9.17) is 0 Å². The molecule has 1 nitrogen and oxygen atoms in total. The van der Waals surface area contributed by atoms with E-state index in [1.807, 2.05) is 24.4 Å². The van der Waals surface area contributed by atoms with Crippen LogP contribution in [0.1, 0.15) is 22.3 Å². The van der Waals surface area contributed by atoms with Crippen LogP contribution in [0.2, 0.25) is 0 Å². The number of nitrogens with zero attached hydrogens (tertiary/aromatic N) is 1. The molecule has 0 aliphatic heterocycles. The van der Waals surface area contributed by atoms with Crippen LogP contribution in [-0.4, -0.2) is 4.98 Å². The average Bonchev–Trinajstić information content (AvgIpc) is 2.53. The molecule has 0 N–H and O–H groups in total. The van der Waals surface area contributed by atoms with Crippen LogP contribution in [-0.2, 0) is 12.8 Å². The molecule has 1 heterocycles. The minimum absolute atomic E-state index is 1.03. The Kier molecular flexibility index (Phi) is 4.34. The summed E-state index contributed by atoms with van der Waals surface area (Å²) in [6.45, 7) is 4.32. The number of rotatable bonds is 4. The van der Waals surface area contributed by atoms with E-state index in [-0.39, 0.29) is 0 Å². The molecule has 110 valence electrons. The average molecular weight is 287 g/mol. The van der Waals surface area contributed by atoms with E-state index >= 15 is 0 Å². The Morgan fingerprint density at radius 1 is 0.727 bits per heavy atom. The lowest BCUT2D eigenvalue weighted by molar-refractivity contribution is 0.946. The van der Waals surface area contributed by atoms with Gasteiger partial charge in [-0.1, -0.05) is 65.7 Å². The van der Waals surface area contributed by atoms with Crippen molar-refractivity contribution in [3.8, 4) is 11.3 Å². The summed E-state index contributed by atoms with van der Waals surface area (Å²) in [5.41, 5.74) is 7.59. The summed E-state index contributed by atoms with van der Waals surface area (Å²) in [5.74, 6) is 0. The van der Waals surface area contributed by atoms with E-state index in [1.165, 1.54) is 27.8 Å². The van der Waals surface area contributed by atoms with Crippen LogP contribution in [0.3, 0.4) is 0 Å². The molecule has 0 unspecified atom stereocenters. The second-order valence-corrected chi connectivity index (χ2v) is 5.91. The van der Waals surface area contributed by atoms with E-state index < -0.39 is 0 Å². The van der Waals surface area contributed by atoms with Crippen molar-refractivity contribution in [2.45, 2.75) is 26.7 Å². The number of aromatic nitrogens is 1. The van der Waals surface area contributed by atoms with E-state index in [2.05, 4.69) is 61.3 Å². The second kappa shape index (κ2) is 6.57. The molecule has 0 aliphatic rings. The van der Waals surface area contributed by atoms with Gasteiger partial charge in [0, 0.05) is 11.8 Å². The highest BCUT2D eigenvalue weighted by Crippen LogP contribution is 2.17. The molecule has 0 bridgehead atoms. The molecule has 0 fully saturated rings. The molecule has 0 amide bonds. The Balaban J connectivity index is 1.69. The minimum Gasteiger partial charge on any atom is -0.256 e. The van der Waals surface area contributed by atoms with Crippen molar-refractivity contribution in [3.63, 3.8) is 0 Å². The summed E-state index contributed by atoms with van der Waals surface area (Å²) >= 11 is 0. The van der Waals surface area contributed by atoms with Gasteiger partial charge in [0.2, 0.25) is 0 Å². The minimum atomic E-state index is 1.03.